The summed E-state index contributed by atoms with van der Waals surface area (Å²) in [6, 6.07) is 6.64. The monoisotopic (exact) mass is 473 g/mol. The van der Waals surface area contributed by atoms with Crippen molar-refractivity contribution in [1.29, 1.82) is 0 Å². The van der Waals surface area contributed by atoms with Crippen LogP contribution in [0.2, 0.25) is 0 Å². The fourth-order valence-corrected chi connectivity index (χ4v) is 3.68. The number of halogens is 1. The second-order valence-corrected chi connectivity index (χ2v) is 8.27. The van der Waals surface area contributed by atoms with Gasteiger partial charge < -0.3 is 10.4 Å². The first-order valence-electron chi connectivity index (χ1n) is 10.9. The maximum atomic E-state index is 12.0. The summed E-state index contributed by atoms with van der Waals surface area (Å²) in [6.07, 6.45) is 16.7. The molecule has 2 N–H and O–H groups in total. The van der Waals surface area contributed by atoms with Crippen LogP contribution in [0, 0.1) is 0 Å². The Labute approximate surface area is 188 Å². The largest absolute Gasteiger partial charge is 0.507 e. The Hall–Kier alpha value is -0.680. The minimum atomic E-state index is -0.210. The summed E-state index contributed by atoms with van der Waals surface area (Å²) in [4.78, 5) is 12.0. The number of phenolic OH excluding ortho intramolecular Hbond substituents is 1. The van der Waals surface area contributed by atoms with E-state index in [2.05, 4.69) is 24.9 Å². The molecule has 28 heavy (non-hydrogen) atoms. The van der Waals surface area contributed by atoms with E-state index in [-0.39, 0.29) is 28.6 Å². The van der Waals surface area contributed by atoms with Gasteiger partial charge in [-0.3, -0.25) is 4.79 Å². The first-order valence-corrected chi connectivity index (χ1v) is 11.4. The van der Waals surface area contributed by atoms with E-state index >= 15 is 0 Å². The number of carbonyl (C=O) groups is 1. The van der Waals surface area contributed by atoms with Crippen molar-refractivity contribution in [2.75, 3.05) is 6.54 Å². The molecule has 0 aliphatic carbocycles. The van der Waals surface area contributed by atoms with E-state index in [1.54, 1.807) is 18.2 Å². The van der Waals surface area contributed by atoms with Gasteiger partial charge in [-0.15, -0.1) is 17.0 Å². The number of hydrogen-bond acceptors (Lipinski definition) is 3. The van der Waals surface area contributed by atoms with E-state index < -0.39 is 0 Å². The molecule has 0 radical (unpaired) electrons. The van der Waals surface area contributed by atoms with Crippen LogP contribution in [0.4, 0.5) is 0 Å². The van der Waals surface area contributed by atoms with Gasteiger partial charge in [-0.2, -0.15) is 12.6 Å². The molecule has 1 amide bonds. The number of rotatable bonds is 16. The molecular weight excluding hydrogens is 434 g/mol. The molecule has 3 nitrogen and oxygen atoms in total. The molecule has 0 fully saturated rings. The topological polar surface area (TPSA) is 49.3 Å². The van der Waals surface area contributed by atoms with Gasteiger partial charge in [-0.25, -0.2) is 0 Å². The van der Waals surface area contributed by atoms with Crippen LogP contribution >= 0.6 is 29.6 Å². The Balaban J connectivity index is 0.00000729. The smallest absolute Gasteiger partial charge is 0.255 e. The minimum absolute atomic E-state index is 0. The lowest BCUT2D eigenvalue weighted by atomic mass is 10.0. The van der Waals surface area contributed by atoms with Gasteiger partial charge in [0.25, 0.3) is 5.91 Å². The molecule has 1 rings (SSSR count). The molecule has 0 aliphatic heterocycles. The lowest BCUT2D eigenvalue weighted by Crippen LogP contribution is -2.25. The Morgan fingerprint density at radius 2 is 1.46 bits per heavy atom. The fourth-order valence-electron chi connectivity index (χ4n) is 3.31. The lowest BCUT2D eigenvalue weighted by molar-refractivity contribution is 0.0950. The number of carbonyl (C=O) groups excluding carboxylic acids is 1. The molecule has 1 aromatic carbocycles. The summed E-state index contributed by atoms with van der Waals surface area (Å²) >= 11 is 4.68. The zero-order valence-corrected chi connectivity index (χ0v) is 20.1. The summed E-state index contributed by atoms with van der Waals surface area (Å²) in [5.74, 6) is -0.179. The summed E-state index contributed by atoms with van der Waals surface area (Å²) in [5.41, 5.74) is 0.338. The van der Waals surface area contributed by atoms with Gasteiger partial charge in [-0.1, -0.05) is 83.3 Å². The van der Waals surface area contributed by atoms with Crippen molar-refractivity contribution in [2.24, 2.45) is 0 Å². The van der Waals surface area contributed by atoms with E-state index in [4.69, 9.17) is 0 Å². The van der Waals surface area contributed by atoms with Crippen molar-refractivity contribution in [1.82, 2.24) is 5.32 Å². The van der Waals surface area contributed by atoms with Gasteiger partial charge in [0.2, 0.25) is 0 Å². The summed E-state index contributed by atoms with van der Waals surface area (Å²) in [7, 11) is 0. The van der Waals surface area contributed by atoms with Gasteiger partial charge in [0.05, 0.1) is 5.56 Å². The summed E-state index contributed by atoms with van der Waals surface area (Å²) < 4.78 is 0. The Bertz CT molecular complexity index is 513. The molecule has 0 bridgehead atoms. The molecule has 5 heteroatoms. The van der Waals surface area contributed by atoms with Crippen LogP contribution in [0.1, 0.15) is 101 Å². The number of phenols is 1. The van der Waals surface area contributed by atoms with Crippen molar-refractivity contribution >= 4 is 35.5 Å². The quantitative estimate of drug-likeness (QED) is 0.177. The third-order valence-electron chi connectivity index (χ3n) is 5.04. The molecule has 0 saturated carbocycles. The van der Waals surface area contributed by atoms with E-state index in [0.29, 0.717) is 17.4 Å². The standard InChI is InChI=1S/C23H39NO2S.BrH/c1-2-3-4-5-6-7-8-9-10-11-15-20(27)16-14-19-24-23(26)21-17-12-13-18-22(21)25;/h12-13,17-18,20,25,27H,2-11,14-16,19H2,1H3,(H,24,26);1H. The number of para-hydroxylation sites is 1. The molecule has 1 unspecified atom stereocenters. The molecule has 0 aliphatic rings. The van der Waals surface area contributed by atoms with Gasteiger partial charge in [0, 0.05) is 11.8 Å². The predicted molar refractivity (Wildman–Crippen MR) is 129 cm³/mol. The number of amides is 1. The van der Waals surface area contributed by atoms with Gasteiger partial charge in [0.1, 0.15) is 5.75 Å². The third-order valence-corrected chi connectivity index (χ3v) is 5.56. The number of aromatic hydroxyl groups is 1. The van der Waals surface area contributed by atoms with Crippen molar-refractivity contribution in [2.45, 2.75) is 95.6 Å². The highest BCUT2D eigenvalue weighted by molar-refractivity contribution is 8.93. The van der Waals surface area contributed by atoms with Crippen molar-refractivity contribution in [3.8, 4) is 5.75 Å². The van der Waals surface area contributed by atoms with Gasteiger partial charge in [0.15, 0.2) is 0 Å². The van der Waals surface area contributed by atoms with Crippen molar-refractivity contribution < 1.29 is 9.90 Å². The molecule has 1 atom stereocenters. The highest BCUT2D eigenvalue weighted by atomic mass is 79.9. The zero-order chi connectivity index (χ0) is 19.7. The Morgan fingerprint density at radius 1 is 0.929 bits per heavy atom. The molecule has 0 aromatic heterocycles. The van der Waals surface area contributed by atoms with E-state index in [9.17, 15) is 9.90 Å². The zero-order valence-electron chi connectivity index (χ0n) is 17.5. The maximum Gasteiger partial charge on any atom is 0.255 e. The predicted octanol–water partition coefficient (Wildman–Crippen LogP) is 7.09. The maximum absolute atomic E-state index is 12.0. The summed E-state index contributed by atoms with van der Waals surface area (Å²) in [6.45, 7) is 2.89. The summed E-state index contributed by atoms with van der Waals surface area (Å²) in [5, 5.41) is 13.0. The molecule has 0 spiro atoms. The highest BCUT2D eigenvalue weighted by Crippen LogP contribution is 2.17. The van der Waals surface area contributed by atoms with Crippen LogP contribution in [0.25, 0.3) is 0 Å². The second kappa shape index (κ2) is 18.4. The average Bonchev–Trinajstić information content (AvgIpc) is 2.67. The van der Waals surface area contributed by atoms with Crippen LogP contribution in [-0.4, -0.2) is 22.8 Å². The van der Waals surface area contributed by atoms with Crippen LogP contribution in [0.3, 0.4) is 0 Å². The Morgan fingerprint density at radius 3 is 2.07 bits per heavy atom. The number of unbranched alkanes of at least 4 members (excludes halogenated alkanes) is 9. The van der Waals surface area contributed by atoms with Crippen LogP contribution in [0.15, 0.2) is 24.3 Å². The number of thiol groups is 1. The average molecular weight is 475 g/mol. The number of nitrogens with one attached hydrogen (secondary N) is 1. The minimum Gasteiger partial charge on any atom is -0.507 e. The SMILES string of the molecule is Br.CCCCCCCCCCCCC(S)CCCNC(=O)c1ccccc1O. The fraction of sp³-hybridized carbons (Fsp3) is 0.696. The molecule has 0 saturated heterocycles. The Kier molecular flexibility index (Phi) is 17.9. The molecule has 0 heterocycles. The number of benzene rings is 1. The van der Waals surface area contributed by atoms with Crippen LogP contribution in [-0.2, 0) is 0 Å². The molecular formula is C23H40BrNO2S. The van der Waals surface area contributed by atoms with Crippen LogP contribution < -0.4 is 5.32 Å². The number of hydrogen-bond donors (Lipinski definition) is 3. The van der Waals surface area contributed by atoms with Gasteiger partial charge in [-0.05, 0) is 31.4 Å². The van der Waals surface area contributed by atoms with Crippen molar-refractivity contribution in [3.63, 3.8) is 0 Å². The molecule has 1 aromatic rings. The van der Waals surface area contributed by atoms with E-state index in [0.717, 1.165) is 19.3 Å². The molecule has 162 valence electrons. The normalized spacial score (nSPS) is 11.6. The first kappa shape index (κ1) is 27.3. The second-order valence-electron chi connectivity index (χ2n) is 7.54. The van der Waals surface area contributed by atoms with E-state index in [1.807, 2.05) is 0 Å². The first-order chi connectivity index (χ1) is 13.1. The third kappa shape index (κ3) is 13.5. The van der Waals surface area contributed by atoms with Crippen molar-refractivity contribution in [3.05, 3.63) is 29.8 Å². The lowest BCUT2D eigenvalue weighted by Gasteiger charge is -2.11. The van der Waals surface area contributed by atoms with Crippen LogP contribution in [0.5, 0.6) is 5.75 Å². The highest BCUT2D eigenvalue weighted by Gasteiger charge is 2.09. The van der Waals surface area contributed by atoms with Gasteiger partial charge >= 0.3 is 0 Å². The van der Waals surface area contributed by atoms with E-state index in [1.165, 1.54) is 70.3 Å².